The fourth-order valence-electron chi connectivity index (χ4n) is 2.04. The molecule has 7 nitrogen and oxygen atoms in total. The maximum absolute atomic E-state index is 12.1. The summed E-state index contributed by atoms with van der Waals surface area (Å²) in [7, 11) is -2.54. The first-order valence-corrected chi connectivity index (χ1v) is 9.43. The van der Waals surface area contributed by atoms with Gasteiger partial charge in [-0.05, 0) is 24.5 Å². The number of rotatable bonds is 8. The molecule has 0 atom stereocenters. The van der Waals surface area contributed by atoms with E-state index >= 15 is 0 Å². The molecule has 1 aromatic carbocycles. The maximum Gasteiger partial charge on any atom is 0.340 e. The predicted octanol–water partition coefficient (Wildman–Crippen LogP) is 1.40. The van der Waals surface area contributed by atoms with Gasteiger partial charge in [0.1, 0.15) is 6.54 Å². The monoisotopic (exact) mass is 356 g/mol. The highest BCUT2D eigenvalue weighted by molar-refractivity contribution is 7.92. The molecule has 1 aromatic rings. The lowest BCUT2D eigenvalue weighted by Crippen LogP contribution is -2.41. The van der Waals surface area contributed by atoms with E-state index in [9.17, 15) is 18.0 Å². The average Bonchev–Trinajstić information content (AvgIpc) is 2.50. The van der Waals surface area contributed by atoms with E-state index < -0.39 is 28.4 Å². The Morgan fingerprint density at radius 3 is 2.42 bits per heavy atom. The van der Waals surface area contributed by atoms with Crippen molar-refractivity contribution in [1.29, 1.82) is 0 Å². The second-order valence-electron chi connectivity index (χ2n) is 5.81. The van der Waals surface area contributed by atoms with E-state index in [0.29, 0.717) is 12.5 Å². The fraction of sp³-hybridized carbons (Fsp3) is 0.500. The third-order valence-corrected chi connectivity index (χ3v) is 4.44. The largest absolute Gasteiger partial charge is 0.465 e. The van der Waals surface area contributed by atoms with Gasteiger partial charge in [-0.1, -0.05) is 26.0 Å². The first kappa shape index (κ1) is 20.0. The number of carbonyl (C=O) groups is 2. The molecule has 0 saturated carbocycles. The molecule has 0 aliphatic rings. The van der Waals surface area contributed by atoms with Crippen LogP contribution in [0, 0.1) is 5.92 Å². The lowest BCUT2D eigenvalue weighted by atomic mass is 10.1. The van der Waals surface area contributed by atoms with Gasteiger partial charge in [0.15, 0.2) is 0 Å². The summed E-state index contributed by atoms with van der Waals surface area (Å²) in [6.45, 7) is 4.13. The highest BCUT2D eigenvalue weighted by atomic mass is 32.2. The van der Waals surface area contributed by atoms with Gasteiger partial charge in [-0.15, -0.1) is 0 Å². The van der Waals surface area contributed by atoms with Crippen molar-refractivity contribution in [2.75, 3.05) is 30.8 Å². The molecule has 0 saturated heterocycles. The molecule has 134 valence electrons. The zero-order valence-corrected chi connectivity index (χ0v) is 15.2. The molecule has 24 heavy (non-hydrogen) atoms. The fourth-order valence-corrected chi connectivity index (χ4v) is 2.91. The second-order valence-corrected chi connectivity index (χ2v) is 7.72. The van der Waals surface area contributed by atoms with Gasteiger partial charge in [-0.3, -0.25) is 9.10 Å². The molecule has 0 aromatic heterocycles. The van der Waals surface area contributed by atoms with Crippen LogP contribution in [-0.4, -0.2) is 46.7 Å². The number of nitrogens with zero attached hydrogens (tertiary/aromatic N) is 1. The van der Waals surface area contributed by atoms with Crippen molar-refractivity contribution in [3.05, 3.63) is 29.8 Å². The summed E-state index contributed by atoms with van der Waals surface area (Å²) >= 11 is 0. The normalized spacial score (nSPS) is 11.2. The molecular weight excluding hydrogens is 332 g/mol. The number of ether oxygens (including phenoxy) is 1. The van der Waals surface area contributed by atoms with Crippen LogP contribution in [0.25, 0.3) is 0 Å². The Balaban J connectivity index is 3.04. The Morgan fingerprint density at radius 2 is 1.88 bits per heavy atom. The lowest BCUT2D eigenvalue weighted by molar-refractivity contribution is -0.119. The number of nitrogens with one attached hydrogen (secondary N) is 1. The summed E-state index contributed by atoms with van der Waals surface area (Å²) in [5.74, 6) is -0.670. The van der Waals surface area contributed by atoms with E-state index in [1.54, 1.807) is 12.1 Å². The molecule has 0 fully saturated rings. The summed E-state index contributed by atoms with van der Waals surface area (Å²) in [6.07, 6.45) is 1.78. The number of sulfonamides is 1. The number of hydrogen-bond acceptors (Lipinski definition) is 5. The topological polar surface area (TPSA) is 92.8 Å². The number of benzene rings is 1. The minimum Gasteiger partial charge on any atom is -0.465 e. The molecular formula is C16H24N2O5S. The first-order chi connectivity index (χ1) is 11.2. The SMILES string of the molecule is COC(=O)c1ccccc1N(CC(=O)NCCC(C)C)S(C)(=O)=O. The molecule has 1 amide bonds. The van der Waals surface area contributed by atoms with Crippen molar-refractivity contribution < 1.29 is 22.7 Å². The minimum absolute atomic E-state index is 0.0837. The van der Waals surface area contributed by atoms with E-state index in [4.69, 9.17) is 0 Å². The summed E-state index contributed by atoms with van der Waals surface area (Å²) in [5, 5.41) is 2.69. The zero-order chi connectivity index (χ0) is 18.3. The van der Waals surface area contributed by atoms with Gasteiger partial charge in [0.05, 0.1) is 24.6 Å². The summed E-state index contributed by atoms with van der Waals surface area (Å²) in [6, 6.07) is 6.11. The molecule has 0 aliphatic carbocycles. The standard InChI is InChI=1S/C16H24N2O5S/c1-12(2)9-10-17-15(19)11-18(24(4,21)22)14-8-6-5-7-13(14)16(20)23-3/h5-8,12H,9-11H2,1-4H3,(H,17,19). The van der Waals surface area contributed by atoms with Crippen molar-refractivity contribution in [1.82, 2.24) is 5.32 Å². The number of amides is 1. The molecule has 0 radical (unpaired) electrons. The number of methoxy groups -OCH3 is 1. The van der Waals surface area contributed by atoms with Crippen LogP contribution in [0.4, 0.5) is 5.69 Å². The highest BCUT2D eigenvalue weighted by Gasteiger charge is 2.25. The van der Waals surface area contributed by atoms with E-state index in [0.717, 1.165) is 17.0 Å². The summed E-state index contributed by atoms with van der Waals surface area (Å²) < 4.78 is 29.8. The molecule has 0 bridgehead atoms. The highest BCUT2D eigenvalue weighted by Crippen LogP contribution is 2.23. The Bertz CT molecular complexity index is 685. The van der Waals surface area contributed by atoms with Gasteiger partial charge in [0.2, 0.25) is 15.9 Å². The van der Waals surface area contributed by atoms with Gasteiger partial charge in [-0.2, -0.15) is 0 Å². The van der Waals surface area contributed by atoms with Crippen molar-refractivity contribution in [3.8, 4) is 0 Å². The van der Waals surface area contributed by atoms with Gasteiger partial charge in [-0.25, -0.2) is 13.2 Å². The van der Waals surface area contributed by atoms with Crippen LogP contribution in [-0.2, 0) is 19.6 Å². The Kier molecular flexibility index (Phi) is 7.21. The van der Waals surface area contributed by atoms with Crippen molar-refractivity contribution >= 4 is 27.6 Å². The Morgan fingerprint density at radius 1 is 1.25 bits per heavy atom. The molecule has 0 unspecified atom stereocenters. The van der Waals surface area contributed by atoms with E-state index in [-0.39, 0.29) is 11.3 Å². The van der Waals surface area contributed by atoms with Crippen LogP contribution in [0.2, 0.25) is 0 Å². The molecule has 0 heterocycles. The van der Waals surface area contributed by atoms with Crippen LogP contribution in [0.1, 0.15) is 30.6 Å². The molecule has 0 spiro atoms. The van der Waals surface area contributed by atoms with Gasteiger partial charge < -0.3 is 10.1 Å². The summed E-state index contributed by atoms with van der Waals surface area (Å²) in [5.41, 5.74) is 0.200. The summed E-state index contributed by atoms with van der Waals surface area (Å²) in [4.78, 5) is 23.9. The van der Waals surface area contributed by atoms with Crippen LogP contribution >= 0.6 is 0 Å². The maximum atomic E-state index is 12.1. The van der Waals surface area contributed by atoms with Crippen molar-refractivity contribution in [2.45, 2.75) is 20.3 Å². The number of anilines is 1. The van der Waals surface area contributed by atoms with Gasteiger partial charge in [0.25, 0.3) is 0 Å². The van der Waals surface area contributed by atoms with Crippen molar-refractivity contribution in [2.24, 2.45) is 5.92 Å². The van der Waals surface area contributed by atoms with Crippen LogP contribution in [0.15, 0.2) is 24.3 Å². The molecule has 8 heteroatoms. The van der Waals surface area contributed by atoms with Crippen LogP contribution in [0.5, 0.6) is 0 Å². The van der Waals surface area contributed by atoms with Gasteiger partial charge >= 0.3 is 5.97 Å². The van der Waals surface area contributed by atoms with Crippen LogP contribution < -0.4 is 9.62 Å². The van der Waals surface area contributed by atoms with Gasteiger partial charge in [0, 0.05) is 6.54 Å². The number of esters is 1. The van der Waals surface area contributed by atoms with E-state index in [1.165, 1.54) is 19.2 Å². The zero-order valence-electron chi connectivity index (χ0n) is 14.4. The Hall–Kier alpha value is -2.09. The first-order valence-electron chi connectivity index (χ1n) is 7.58. The Labute approximate surface area is 143 Å². The molecule has 0 aliphatic heterocycles. The average molecular weight is 356 g/mol. The van der Waals surface area contributed by atoms with Crippen LogP contribution in [0.3, 0.4) is 0 Å². The molecule has 1 N–H and O–H groups in total. The van der Waals surface area contributed by atoms with E-state index in [1.807, 2.05) is 13.8 Å². The number of hydrogen-bond donors (Lipinski definition) is 1. The number of carbonyl (C=O) groups excluding carboxylic acids is 2. The number of para-hydroxylation sites is 1. The van der Waals surface area contributed by atoms with Crippen molar-refractivity contribution in [3.63, 3.8) is 0 Å². The second kappa shape index (κ2) is 8.68. The molecule has 1 rings (SSSR count). The lowest BCUT2D eigenvalue weighted by Gasteiger charge is -2.23. The smallest absolute Gasteiger partial charge is 0.340 e. The third kappa shape index (κ3) is 5.84. The minimum atomic E-state index is -3.75. The van der Waals surface area contributed by atoms with E-state index in [2.05, 4.69) is 10.1 Å². The third-order valence-electron chi connectivity index (χ3n) is 3.31. The predicted molar refractivity (Wildman–Crippen MR) is 92.4 cm³/mol. The quantitative estimate of drug-likeness (QED) is 0.711.